The molecular formula is C44H50IN4O4S-. The van der Waals surface area contributed by atoms with Gasteiger partial charge in [0.05, 0.1) is 12.1 Å². The number of nitrogens with one attached hydrogen (secondary N) is 1. The molecule has 3 aliphatic rings. The zero-order valence-electron chi connectivity index (χ0n) is 31.1. The number of halogens is 1. The van der Waals surface area contributed by atoms with Crippen LogP contribution in [-0.2, 0) is 20.0 Å². The quantitative estimate of drug-likeness (QED) is 0.134. The summed E-state index contributed by atoms with van der Waals surface area (Å²) in [5, 5.41) is 14.1. The second-order valence-corrected chi connectivity index (χ2v) is 18.6. The number of nitrogens with zero attached hydrogens (tertiary/aromatic N) is 3. The third kappa shape index (κ3) is 8.69. The molecule has 2 fully saturated rings. The van der Waals surface area contributed by atoms with Gasteiger partial charge in [0, 0.05) is 19.0 Å². The van der Waals surface area contributed by atoms with Crippen molar-refractivity contribution in [2.24, 2.45) is 11.8 Å². The number of rotatable bonds is 14. The molecular weight excluding hydrogens is 807 g/mol. The summed E-state index contributed by atoms with van der Waals surface area (Å²) < 4.78 is 36.3. The van der Waals surface area contributed by atoms with Crippen LogP contribution in [-0.4, -0.2) is 58.2 Å². The van der Waals surface area contributed by atoms with E-state index < -0.39 is 21.3 Å². The summed E-state index contributed by atoms with van der Waals surface area (Å²) in [6.07, 6.45) is 7.99. The fourth-order valence-corrected chi connectivity index (χ4v) is 10.7. The Morgan fingerprint density at radius 3 is 2.41 bits per heavy atom. The van der Waals surface area contributed by atoms with E-state index in [9.17, 15) is 18.5 Å². The van der Waals surface area contributed by atoms with Crippen LogP contribution in [0.15, 0.2) is 133 Å². The monoisotopic (exact) mass is 857 g/mol. The van der Waals surface area contributed by atoms with Crippen LogP contribution in [0.3, 0.4) is 0 Å². The molecule has 284 valence electrons. The van der Waals surface area contributed by atoms with E-state index in [-0.39, 0.29) is 39.3 Å². The second kappa shape index (κ2) is 18.0. The Hall–Kier alpha value is -4.18. The molecule has 4 atom stereocenters. The van der Waals surface area contributed by atoms with Crippen LogP contribution in [0.2, 0.25) is 0 Å². The van der Waals surface area contributed by atoms with E-state index in [2.05, 4.69) is 46.0 Å². The number of benzene rings is 3. The van der Waals surface area contributed by atoms with Crippen LogP contribution in [0, 0.1) is 23.2 Å². The first-order chi connectivity index (χ1) is 26.2. The van der Waals surface area contributed by atoms with Crippen molar-refractivity contribution in [2.45, 2.75) is 62.0 Å². The fraction of sp³-hybridized carbons (Fsp3) is 0.364. The fourth-order valence-electron chi connectivity index (χ4n) is 8.25. The van der Waals surface area contributed by atoms with Crippen molar-refractivity contribution in [3.05, 3.63) is 140 Å². The summed E-state index contributed by atoms with van der Waals surface area (Å²) >= 11 is -0.350. The third-order valence-electron chi connectivity index (χ3n) is 11.1. The first kappa shape index (κ1) is 39.5. The maximum absolute atomic E-state index is 13.2. The molecule has 54 heavy (non-hydrogen) atoms. The molecule has 6 rings (SSSR count). The average Bonchev–Trinajstić information content (AvgIpc) is 3.64. The molecule has 2 aliphatic heterocycles. The van der Waals surface area contributed by atoms with E-state index in [1.54, 1.807) is 31.2 Å². The van der Waals surface area contributed by atoms with E-state index >= 15 is 0 Å². The normalized spacial score (nSPS) is 21.5. The number of hydrogen-bond donors (Lipinski definition) is 1. The van der Waals surface area contributed by atoms with Crippen molar-refractivity contribution in [2.75, 3.05) is 37.6 Å². The van der Waals surface area contributed by atoms with E-state index in [1.807, 2.05) is 75.8 Å². The number of sulfone groups is 1. The predicted octanol–water partition coefficient (Wildman–Crippen LogP) is 5.30. The van der Waals surface area contributed by atoms with Crippen LogP contribution in [0.4, 0.5) is 10.5 Å². The van der Waals surface area contributed by atoms with Crippen LogP contribution >= 0.6 is 0 Å². The van der Waals surface area contributed by atoms with Crippen molar-refractivity contribution < 1.29 is 39.2 Å². The average molecular weight is 858 g/mol. The Bertz CT molecular complexity index is 2000. The summed E-state index contributed by atoms with van der Waals surface area (Å²) in [7, 11) is -3.57. The molecule has 0 aromatic heterocycles. The van der Waals surface area contributed by atoms with Crippen molar-refractivity contribution in [1.82, 2.24) is 10.2 Å². The number of hydrogen-bond acceptors (Lipinski definition) is 7. The van der Waals surface area contributed by atoms with Crippen molar-refractivity contribution in [3.8, 4) is 6.07 Å². The van der Waals surface area contributed by atoms with Gasteiger partial charge in [0.1, 0.15) is 11.5 Å². The van der Waals surface area contributed by atoms with E-state index in [0.717, 1.165) is 80.8 Å². The summed E-state index contributed by atoms with van der Waals surface area (Å²) in [6.45, 7) is 11.8. The van der Waals surface area contributed by atoms with Gasteiger partial charge in [-0.2, -0.15) is 5.26 Å². The third-order valence-corrected chi connectivity index (χ3v) is 14.2. The van der Waals surface area contributed by atoms with Crippen molar-refractivity contribution in [1.29, 1.82) is 5.26 Å². The molecule has 0 spiro atoms. The molecule has 3 aromatic rings. The summed E-state index contributed by atoms with van der Waals surface area (Å²) in [5.41, 5.74) is 3.24. The Morgan fingerprint density at radius 2 is 1.78 bits per heavy atom. The first-order valence-corrected chi connectivity index (χ1v) is 22.7. The number of alkyl carbamates (subject to hydrolysis) is 1. The molecule has 8 nitrogen and oxygen atoms in total. The zero-order chi connectivity index (χ0) is 38.1. The minimum atomic E-state index is -3.57. The molecule has 1 N–H and O–H groups in total. The second-order valence-electron chi connectivity index (χ2n) is 14.3. The maximum atomic E-state index is 13.2. The van der Waals surface area contributed by atoms with Gasteiger partial charge >= 0.3 is 150 Å². The Labute approximate surface area is 331 Å². The molecule has 10 heteroatoms. The summed E-state index contributed by atoms with van der Waals surface area (Å²) in [5.74, 6) is 0.345. The van der Waals surface area contributed by atoms with E-state index in [4.69, 9.17) is 4.74 Å². The van der Waals surface area contributed by atoms with Gasteiger partial charge < -0.3 is 10.1 Å². The van der Waals surface area contributed by atoms with Crippen molar-refractivity contribution >= 4 is 21.6 Å². The molecule has 1 saturated heterocycles. The standard InChI is InChI=1S/C44H50IN4O4S/c1-4-39(23-26-45-5-2)54(51,52)40-21-19-38(20-22-40)49-30-34(31-49)29-48-27-24-37(25-28-48)44(32-46,36-15-10-7-11-16-36)41-17-12-18-42(41)53-43(50)47-33(3)35-13-8-6-9-14-35/h4-11,13-16,19-24,26,33-34,41-42H,2,12,17-18,25,27-31H2,1,3H3,(H,47,50)/q-1/b26-23-,39-4+/t33-,41-,42-,44+/m0/s1. The van der Waals surface area contributed by atoms with Gasteiger partial charge in [0.2, 0.25) is 0 Å². The topological polar surface area (TPSA) is 103 Å². The molecule has 2 heterocycles. The zero-order valence-corrected chi connectivity index (χ0v) is 34.1. The van der Waals surface area contributed by atoms with Gasteiger partial charge in [-0.1, -0.05) is 66.7 Å². The summed E-state index contributed by atoms with van der Waals surface area (Å²) in [4.78, 5) is 18.6. The number of allylic oxidation sites excluding steroid dienone is 2. The van der Waals surface area contributed by atoms with Gasteiger partial charge in [0.15, 0.2) is 0 Å². The minimum absolute atomic E-state index is 0.151. The number of amides is 1. The Kier molecular flexibility index (Phi) is 13.1. The van der Waals surface area contributed by atoms with Crippen LogP contribution < -0.4 is 31.4 Å². The first-order valence-electron chi connectivity index (χ1n) is 18.8. The van der Waals surface area contributed by atoms with Gasteiger partial charge in [0.25, 0.3) is 0 Å². The van der Waals surface area contributed by atoms with Gasteiger partial charge in [-0.05, 0) is 49.3 Å². The van der Waals surface area contributed by atoms with Crippen LogP contribution in [0.5, 0.6) is 0 Å². The number of carbonyl (C=O) groups excluding carboxylic acids is 1. The van der Waals surface area contributed by atoms with Crippen molar-refractivity contribution in [3.63, 3.8) is 0 Å². The number of ether oxygens (including phenoxy) is 1. The SMILES string of the molecule is C=C[I-]/C=C\C(=C/C)S(=O)(=O)c1ccc(N2CC(CN3CC=C([C@@](C#N)(c4ccccc4)[C@H]4CCC[C@@H]4OC(=O)N[C@@H](C)c4ccccc4)CC3)C2)cc1. The van der Waals surface area contributed by atoms with Gasteiger partial charge in [-0.3, -0.25) is 4.90 Å². The molecule has 1 saturated carbocycles. The molecule has 1 aliphatic carbocycles. The summed E-state index contributed by atoms with van der Waals surface area (Å²) in [6, 6.07) is 29.7. The Balaban J connectivity index is 1.09. The number of anilines is 1. The van der Waals surface area contributed by atoms with Gasteiger partial charge in [-0.15, -0.1) is 0 Å². The molecule has 0 radical (unpaired) electrons. The number of nitriles is 1. The molecule has 1 amide bonds. The Morgan fingerprint density at radius 1 is 1.07 bits per heavy atom. The van der Waals surface area contributed by atoms with Crippen LogP contribution in [0.1, 0.15) is 56.7 Å². The van der Waals surface area contributed by atoms with Crippen LogP contribution in [0.25, 0.3) is 0 Å². The van der Waals surface area contributed by atoms with E-state index in [1.165, 1.54) is 0 Å². The van der Waals surface area contributed by atoms with E-state index in [0.29, 0.717) is 15.7 Å². The molecule has 0 bridgehead atoms. The molecule has 3 aromatic carbocycles. The molecule has 0 unspecified atom stereocenters. The van der Waals surface area contributed by atoms with Gasteiger partial charge in [-0.25, -0.2) is 4.79 Å². The number of carbonyl (C=O) groups is 1. The predicted molar refractivity (Wildman–Crippen MR) is 211 cm³/mol.